The lowest BCUT2D eigenvalue weighted by Crippen LogP contribution is -2.38. The Balaban J connectivity index is 1.71. The van der Waals surface area contributed by atoms with Crippen LogP contribution in [0.25, 0.3) is 10.9 Å². The second-order valence-corrected chi connectivity index (χ2v) is 6.38. The number of carboxylic acids is 1. The van der Waals surface area contributed by atoms with Gasteiger partial charge in [0.15, 0.2) is 0 Å². The van der Waals surface area contributed by atoms with Crippen molar-refractivity contribution in [2.45, 2.75) is 19.0 Å². The van der Waals surface area contributed by atoms with Crippen molar-refractivity contribution in [2.75, 3.05) is 0 Å². The molecule has 1 atom stereocenters. The average molecular weight is 373 g/mol. The van der Waals surface area contributed by atoms with Crippen molar-refractivity contribution in [1.29, 1.82) is 0 Å². The highest BCUT2D eigenvalue weighted by molar-refractivity contribution is 9.10. The van der Waals surface area contributed by atoms with Crippen LogP contribution in [0.5, 0.6) is 0 Å². The van der Waals surface area contributed by atoms with E-state index in [2.05, 4.69) is 26.2 Å². The van der Waals surface area contributed by atoms with Crippen molar-refractivity contribution in [3.8, 4) is 0 Å². The number of aliphatic carboxylic acids is 1. The van der Waals surface area contributed by atoms with Gasteiger partial charge in [-0.1, -0.05) is 46.3 Å². The molecule has 5 heteroatoms. The smallest absolute Gasteiger partial charge is 0.321 e. The van der Waals surface area contributed by atoms with Crippen LogP contribution in [0, 0.1) is 0 Å². The number of halogens is 1. The van der Waals surface area contributed by atoms with Gasteiger partial charge in [0, 0.05) is 34.5 Å². The Morgan fingerprint density at radius 2 is 1.91 bits per heavy atom. The Labute approximate surface area is 142 Å². The van der Waals surface area contributed by atoms with E-state index < -0.39 is 12.0 Å². The van der Waals surface area contributed by atoms with E-state index in [4.69, 9.17) is 0 Å². The number of fused-ring (bicyclic) bond motifs is 1. The number of nitrogens with one attached hydrogen (secondary N) is 2. The number of hydrogen-bond donors (Lipinski definition) is 3. The molecule has 23 heavy (non-hydrogen) atoms. The van der Waals surface area contributed by atoms with E-state index in [0.29, 0.717) is 13.0 Å². The predicted octanol–water partition coefficient (Wildman–Crippen LogP) is 3.72. The molecule has 0 fully saturated rings. The normalized spacial score (nSPS) is 12.4. The zero-order valence-corrected chi connectivity index (χ0v) is 14.0. The van der Waals surface area contributed by atoms with Gasteiger partial charge in [-0.15, -0.1) is 0 Å². The fraction of sp³-hybridized carbons (Fsp3) is 0.167. The maximum Gasteiger partial charge on any atom is 0.321 e. The van der Waals surface area contributed by atoms with Gasteiger partial charge in [-0.25, -0.2) is 0 Å². The summed E-state index contributed by atoms with van der Waals surface area (Å²) in [7, 11) is 0. The molecule has 0 saturated heterocycles. The number of para-hydroxylation sites is 1. The third-order valence-corrected chi connectivity index (χ3v) is 4.39. The van der Waals surface area contributed by atoms with Crippen molar-refractivity contribution >= 4 is 32.8 Å². The van der Waals surface area contributed by atoms with Gasteiger partial charge in [-0.2, -0.15) is 0 Å². The van der Waals surface area contributed by atoms with Crippen LogP contribution in [0.3, 0.4) is 0 Å². The lowest BCUT2D eigenvalue weighted by atomic mass is 10.0. The van der Waals surface area contributed by atoms with Crippen molar-refractivity contribution in [3.63, 3.8) is 0 Å². The highest BCUT2D eigenvalue weighted by Crippen LogP contribution is 2.19. The Bertz CT molecular complexity index is 811. The number of carbonyl (C=O) groups is 1. The molecule has 1 heterocycles. The van der Waals surface area contributed by atoms with Crippen molar-refractivity contribution in [3.05, 3.63) is 70.3 Å². The molecule has 4 nitrogen and oxygen atoms in total. The number of hydrogen-bond acceptors (Lipinski definition) is 2. The van der Waals surface area contributed by atoms with Gasteiger partial charge in [0.25, 0.3) is 0 Å². The fourth-order valence-electron chi connectivity index (χ4n) is 2.61. The standard InChI is InChI=1S/C18H17BrN2O2/c19-14-7-5-12(6-8-14)10-20-17(18(22)23)9-13-11-21-16-4-2-1-3-15(13)16/h1-8,11,17,20-21H,9-10H2,(H,22,23)/t17-/m1/s1. The summed E-state index contributed by atoms with van der Waals surface area (Å²) in [6.45, 7) is 0.520. The van der Waals surface area contributed by atoms with Gasteiger partial charge in [-0.3, -0.25) is 4.79 Å². The molecule has 3 rings (SSSR count). The first-order valence-corrected chi connectivity index (χ1v) is 8.18. The van der Waals surface area contributed by atoms with Gasteiger partial charge in [-0.05, 0) is 29.3 Å². The quantitative estimate of drug-likeness (QED) is 0.617. The number of benzene rings is 2. The molecule has 2 aromatic carbocycles. The second-order valence-electron chi connectivity index (χ2n) is 5.46. The van der Waals surface area contributed by atoms with Crippen LogP contribution in [0.4, 0.5) is 0 Å². The number of aromatic nitrogens is 1. The molecule has 1 aromatic heterocycles. The minimum atomic E-state index is -0.840. The SMILES string of the molecule is O=C(O)[C@@H](Cc1c[nH]c2ccccc12)NCc1ccc(Br)cc1. The number of H-pyrrole nitrogens is 1. The summed E-state index contributed by atoms with van der Waals surface area (Å²) in [6.07, 6.45) is 2.33. The Hall–Kier alpha value is -2.11. The minimum absolute atomic E-state index is 0.440. The van der Waals surface area contributed by atoms with Crippen LogP contribution in [-0.4, -0.2) is 22.1 Å². The Morgan fingerprint density at radius 1 is 1.17 bits per heavy atom. The van der Waals surface area contributed by atoms with Gasteiger partial charge in [0.05, 0.1) is 0 Å². The summed E-state index contributed by atoms with van der Waals surface area (Å²) in [5.41, 5.74) is 3.09. The zero-order valence-electron chi connectivity index (χ0n) is 12.4. The second kappa shape index (κ2) is 6.98. The van der Waals surface area contributed by atoms with Crippen LogP contribution in [-0.2, 0) is 17.8 Å². The number of rotatable bonds is 6. The molecule has 0 unspecified atom stereocenters. The molecular formula is C18H17BrN2O2. The molecule has 3 N–H and O–H groups in total. The molecular weight excluding hydrogens is 356 g/mol. The first-order valence-electron chi connectivity index (χ1n) is 7.39. The molecule has 0 saturated carbocycles. The predicted molar refractivity (Wildman–Crippen MR) is 94.4 cm³/mol. The monoisotopic (exact) mass is 372 g/mol. The molecule has 3 aromatic rings. The third kappa shape index (κ3) is 3.81. The van der Waals surface area contributed by atoms with Gasteiger partial charge in [0.1, 0.15) is 6.04 Å². The first kappa shape index (κ1) is 15.8. The molecule has 0 aliphatic heterocycles. The summed E-state index contributed by atoms with van der Waals surface area (Å²) in [5, 5.41) is 13.7. The summed E-state index contributed by atoms with van der Waals surface area (Å²) in [6, 6.07) is 15.1. The number of carboxylic acid groups (broad SMARTS) is 1. The van der Waals surface area contributed by atoms with E-state index in [0.717, 1.165) is 26.5 Å². The van der Waals surface area contributed by atoms with Gasteiger partial charge in [0.2, 0.25) is 0 Å². The van der Waals surface area contributed by atoms with Gasteiger partial charge >= 0.3 is 5.97 Å². The largest absolute Gasteiger partial charge is 0.480 e. The van der Waals surface area contributed by atoms with E-state index in [1.807, 2.05) is 54.7 Å². The molecule has 118 valence electrons. The first-order chi connectivity index (χ1) is 11.1. The molecule has 0 radical (unpaired) electrons. The maximum atomic E-state index is 11.6. The van der Waals surface area contributed by atoms with Crippen molar-refractivity contribution in [1.82, 2.24) is 10.3 Å². The number of aromatic amines is 1. The summed E-state index contributed by atoms with van der Waals surface area (Å²) in [4.78, 5) is 14.7. The van der Waals surface area contributed by atoms with Crippen molar-refractivity contribution < 1.29 is 9.90 Å². The van der Waals surface area contributed by atoms with Crippen LogP contribution in [0.15, 0.2) is 59.2 Å². The highest BCUT2D eigenvalue weighted by atomic mass is 79.9. The lowest BCUT2D eigenvalue weighted by molar-refractivity contribution is -0.139. The average Bonchev–Trinajstić information content (AvgIpc) is 2.96. The van der Waals surface area contributed by atoms with Crippen LogP contribution in [0.2, 0.25) is 0 Å². The minimum Gasteiger partial charge on any atom is -0.480 e. The third-order valence-electron chi connectivity index (χ3n) is 3.86. The van der Waals surface area contributed by atoms with E-state index in [-0.39, 0.29) is 0 Å². The maximum absolute atomic E-state index is 11.6. The summed E-state index contributed by atoms with van der Waals surface area (Å²) < 4.78 is 1.01. The summed E-state index contributed by atoms with van der Waals surface area (Å²) >= 11 is 3.39. The van der Waals surface area contributed by atoms with Crippen LogP contribution in [0.1, 0.15) is 11.1 Å². The highest BCUT2D eigenvalue weighted by Gasteiger charge is 2.19. The molecule has 0 spiro atoms. The van der Waals surface area contributed by atoms with E-state index in [9.17, 15) is 9.90 Å². The lowest BCUT2D eigenvalue weighted by Gasteiger charge is -2.14. The Morgan fingerprint density at radius 3 is 2.65 bits per heavy atom. The van der Waals surface area contributed by atoms with Crippen molar-refractivity contribution in [2.24, 2.45) is 0 Å². The topological polar surface area (TPSA) is 65.1 Å². The van der Waals surface area contributed by atoms with E-state index >= 15 is 0 Å². The fourth-order valence-corrected chi connectivity index (χ4v) is 2.87. The zero-order chi connectivity index (χ0) is 16.2. The molecule has 0 aliphatic carbocycles. The summed E-state index contributed by atoms with van der Waals surface area (Å²) in [5.74, 6) is -0.840. The van der Waals surface area contributed by atoms with E-state index in [1.165, 1.54) is 0 Å². The van der Waals surface area contributed by atoms with E-state index in [1.54, 1.807) is 0 Å². The van der Waals surface area contributed by atoms with Crippen LogP contribution >= 0.6 is 15.9 Å². The molecule has 0 bridgehead atoms. The molecule has 0 amide bonds. The molecule has 0 aliphatic rings. The Kier molecular flexibility index (Phi) is 4.79. The van der Waals surface area contributed by atoms with Crippen LogP contribution < -0.4 is 5.32 Å². The van der Waals surface area contributed by atoms with Gasteiger partial charge < -0.3 is 15.4 Å².